The molecule has 0 fully saturated rings. The lowest BCUT2D eigenvalue weighted by atomic mass is 10.4. The number of nitrogens with one attached hydrogen (secondary N) is 1. The Morgan fingerprint density at radius 3 is 1.94 bits per heavy atom. The van der Waals surface area contributed by atoms with E-state index < -0.39 is 11.9 Å². The fourth-order valence-corrected chi connectivity index (χ4v) is 0.752. The van der Waals surface area contributed by atoms with E-state index >= 15 is 0 Å². The van der Waals surface area contributed by atoms with Crippen molar-refractivity contribution in [2.45, 2.75) is 13.8 Å². The van der Waals surface area contributed by atoms with Gasteiger partial charge in [0.05, 0.1) is 6.54 Å². The number of hydrogen-bond donors (Lipinski definition) is 1. The number of esters is 2. The third-order valence-corrected chi connectivity index (χ3v) is 1.65. The first kappa shape index (κ1) is 16.3. The van der Waals surface area contributed by atoms with Crippen LogP contribution in [0.4, 0.5) is 0 Å². The zero-order valence-corrected chi connectivity index (χ0v) is 10.8. The van der Waals surface area contributed by atoms with Crippen molar-refractivity contribution in [3.8, 4) is 0 Å². The highest BCUT2D eigenvalue weighted by Crippen LogP contribution is 1.91. The van der Waals surface area contributed by atoms with E-state index in [9.17, 15) is 9.59 Å². The van der Waals surface area contributed by atoms with Gasteiger partial charge in [-0.25, -0.2) is 9.59 Å². The Hall–Kier alpha value is -1.66. The summed E-state index contributed by atoms with van der Waals surface area (Å²) in [6, 6.07) is 0. The zero-order valence-electron chi connectivity index (χ0n) is 10.8. The van der Waals surface area contributed by atoms with E-state index in [-0.39, 0.29) is 19.8 Å². The summed E-state index contributed by atoms with van der Waals surface area (Å²) in [5.74, 6) is -0.888. The predicted octanol–water partition coefficient (Wildman–Crippen LogP) is 0.746. The van der Waals surface area contributed by atoms with E-state index in [4.69, 9.17) is 14.3 Å². The van der Waals surface area contributed by atoms with Crippen molar-refractivity contribution in [3.63, 3.8) is 0 Å². The molecule has 0 unspecified atom stereocenters. The lowest BCUT2D eigenvalue weighted by Crippen LogP contribution is -2.24. The van der Waals surface area contributed by atoms with Crippen molar-refractivity contribution in [2.24, 2.45) is 0 Å². The molecule has 18 heavy (non-hydrogen) atoms. The highest BCUT2D eigenvalue weighted by atomic mass is 16.7. The molecule has 102 valence electrons. The number of carbonyl (C=O) groups is 2. The van der Waals surface area contributed by atoms with E-state index in [0.717, 1.165) is 0 Å². The SMILES string of the molecule is C=C(C)C(=O)OCCNOCCOC(=O)C(=C)C. The molecule has 0 spiro atoms. The Bertz CT molecular complexity index is 292. The van der Waals surface area contributed by atoms with Crippen molar-refractivity contribution in [2.75, 3.05) is 26.4 Å². The van der Waals surface area contributed by atoms with Crippen LogP contribution in [0.5, 0.6) is 0 Å². The Kier molecular flexibility index (Phi) is 8.51. The van der Waals surface area contributed by atoms with Crippen LogP contribution < -0.4 is 5.48 Å². The molecule has 0 aromatic carbocycles. The van der Waals surface area contributed by atoms with E-state index in [1.807, 2.05) is 0 Å². The summed E-state index contributed by atoms with van der Waals surface area (Å²) in [5.41, 5.74) is 3.25. The van der Waals surface area contributed by atoms with Crippen molar-refractivity contribution in [3.05, 3.63) is 24.3 Å². The number of hydrogen-bond acceptors (Lipinski definition) is 6. The second-order valence-corrected chi connectivity index (χ2v) is 3.58. The molecule has 1 N–H and O–H groups in total. The first-order valence-corrected chi connectivity index (χ1v) is 5.45. The molecule has 0 heterocycles. The van der Waals surface area contributed by atoms with Gasteiger partial charge < -0.3 is 9.47 Å². The minimum Gasteiger partial charge on any atom is -0.461 e. The van der Waals surface area contributed by atoms with Gasteiger partial charge in [-0.15, -0.1) is 0 Å². The molecule has 0 radical (unpaired) electrons. The number of rotatable bonds is 9. The summed E-state index contributed by atoms with van der Waals surface area (Å²) in [7, 11) is 0. The summed E-state index contributed by atoms with van der Waals surface area (Å²) in [4.78, 5) is 26.8. The highest BCUT2D eigenvalue weighted by molar-refractivity contribution is 5.87. The summed E-state index contributed by atoms with van der Waals surface area (Å²) in [5, 5.41) is 0. The van der Waals surface area contributed by atoms with Crippen LogP contribution in [0.1, 0.15) is 13.8 Å². The normalized spacial score (nSPS) is 9.67. The monoisotopic (exact) mass is 257 g/mol. The minimum absolute atomic E-state index is 0.129. The van der Waals surface area contributed by atoms with Crippen LogP contribution in [-0.2, 0) is 23.9 Å². The Balaban J connectivity index is 3.32. The van der Waals surface area contributed by atoms with Gasteiger partial charge in [-0.1, -0.05) is 13.2 Å². The first-order valence-electron chi connectivity index (χ1n) is 5.45. The molecule has 0 aromatic rings. The maximum Gasteiger partial charge on any atom is 0.333 e. The van der Waals surface area contributed by atoms with Gasteiger partial charge in [-0.05, 0) is 13.8 Å². The van der Waals surface area contributed by atoms with Crippen LogP contribution in [0.2, 0.25) is 0 Å². The summed E-state index contributed by atoms with van der Waals surface area (Å²) in [6.07, 6.45) is 0. The first-order chi connectivity index (χ1) is 8.45. The highest BCUT2D eigenvalue weighted by Gasteiger charge is 2.03. The van der Waals surface area contributed by atoms with E-state index in [1.165, 1.54) is 0 Å². The quantitative estimate of drug-likeness (QED) is 0.284. The van der Waals surface area contributed by atoms with Gasteiger partial charge in [-0.2, -0.15) is 5.48 Å². The lowest BCUT2D eigenvalue weighted by molar-refractivity contribution is -0.143. The Morgan fingerprint density at radius 2 is 1.44 bits per heavy atom. The largest absolute Gasteiger partial charge is 0.461 e. The molecule has 0 aliphatic carbocycles. The van der Waals surface area contributed by atoms with Gasteiger partial charge >= 0.3 is 11.9 Å². The van der Waals surface area contributed by atoms with Crippen LogP contribution in [-0.4, -0.2) is 38.3 Å². The van der Waals surface area contributed by atoms with Gasteiger partial charge in [0.15, 0.2) is 0 Å². The lowest BCUT2D eigenvalue weighted by Gasteiger charge is -2.07. The van der Waals surface area contributed by atoms with Crippen molar-refractivity contribution in [1.29, 1.82) is 0 Å². The third kappa shape index (κ3) is 8.49. The summed E-state index contributed by atoms with van der Waals surface area (Å²) in [6.45, 7) is 10.9. The van der Waals surface area contributed by atoms with Crippen molar-refractivity contribution >= 4 is 11.9 Å². The number of ether oxygens (including phenoxy) is 2. The standard InChI is InChI=1S/C12H19NO5/c1-9(2)11(14)16-6-5-13-18-8-7-17-12(15)10(3)4/h13H,1,3,5-8H2,2,4H3. The van der Waals surface area contributed by atoms with Crippen LogP contribution in [0.15, 0.2) is 24.3 Å². The van der Waals surface area contributed by atoms with Crippen LogP contribution in [0.3, 0.4) is 0 Å². The molecule has 0 saturated carbocycles. The van der Waals surface area contributed by atoms with Gasteiger partial charge in [0, 0.05) is 11.1 Å². The molecule has 0 aromatic heterocycles. The molecule has 0 saturated heterocycles. The zero-order chi connectivity index (χ0) is 14.0. The Morgan fingerprint density at radius 1 is 0.944 bits per heavy atom. The fraction of sp³-hybridized carbons (Fsp3) is 0.500. The Labute approximate surface area is 107 Å². The molecule has 0 amide bonds. The molecule has 0 aliphatic rings. The van der Waals surface area contributed by atoms with E-state index in [1.54, 1.807) is 13.8 Å². The fourth-order valence-electron chi connectivity index (χ4n) is 0.752. The summed E-state index contributed by atoms with van der Waals surface area (Å²) < 4.78 is 9.58. The van der Waals surface area contributed by atoms with Crippen molar-refractivity contribution in [1.82, 2.24) is 5.48 Å². The van der Waals surface area contributed by atoms with E-state index in [0.29, 0.717) is 17.7 Å². The predicted molar refractivity (Wildman–Crippen MR) is 65.5 cm³/mol. The molecular weight excluding hydrogens is 238 g/mol. The average molecular weight is 257 g/mol. The van der Waals surface area contributed by atoms with Gasteiger partial charge in [0.25, 0.3) is 0 Å². The molecule has 0 atom stereocenters. The minimum atomic E-state index is -0.450. The topological polar surface area (TPSA) is 73.9 Å². The number of carbonyl (C=O) groups excluding carboxylic acids is 2. The van der Waals surface area contributed by atoms with Crippen LogP contribution in [0.25, 0.3) is 0 Å². The maximum absolute atomic E-state index is 11.0. The van der Waals surface area contributed by atoms with Crippen LogP contribution >= 0.6 is 0 Å². The summed E-state index contributed by atoms with van der Waals surface area (Å²) >= 11 is 0. The molecule has 0 aliphatic heterocycles. The van der Waals surface area contributed by atoms with Crippen molar-refractivity contribution < 1.29 is 23.9 Å². The van der Waals surface area contributed by atoms with Crippen LogP contribution in [0, 0.1) is 0 Å². The second kappa shape index (κ2) is 9.38. The molecule has 0 bridgehead atoms. The molecule has 0 rings (SSSR count). The van der Waals surface area contributed by atoms with Gasteiger partial charge in [0.1, 0.15) is 19.8 Å². The smallest absolute Gasteiger partial charge is 0.333 e. The van der Waals surface area contributed by atoms with Gasteiger partial charge in [-0.3, -0.25) is 4.84 Å². The average Bonchev–Trinajstić information content (AvgIpc) is 2.31. The van der Waals surface area contributed by atoms with E-state index in [2.05, 4.69) is 18.6 Å². The third-order valence-electron chi connectivity index (χ3n) is 1.65. The molecule has 6 nitrogen and oxygen atoms in total. The van der Waals surface area contributed by atoms with Gasteiger partial charge in [0.2, 0.25) is 0 Å². The maximum atomic E-state index is 11.0. The number of hydroxylamine groups is 1. The second-order valence-electron chi connectivity index (χ2n) is 3.58. The molecular formula is C12H19NO5. The molecule has 6 heteroatoms.